The Kier molecular flexibility index (Phi) is 7.96. The molecule has 0 spiro atoms. The lowest BCUT2D eigenvalue weighted by Crippen LogP contribution is -2.41. The molecule has 0 bridgehead atoms. The monoisotopic (exact) mass is 451 g/mol. The second-order valence-electron chi connectivity index (χ2n) is 10.2. The number of likely N-dealkylation sites (N-methyl/N-ethyl adjacent to an activating group) is 1. The second kappa shape index (κ2) is 10.5. The molecule has 3 rings (SSSR count). The van der Waals surface area contributed by atoms with E-state index in [0.29, 0.717) is 31.4 Å². The number of ether oxygens (including phenoxy) is 1. The number of hydrogen-bond acceptors (Lipinski definition) is 4. The van der Waals surface area contributed by atoms with Crippen LogP contribution in [0, 0.1) is 5.92 Å². The Bertz CT molecular complexity index is 935. The minimum Gasteiger partial charge on any atom is -0.497 e. The predicted molar refractivity (Wildman–Crippen MR) is 130 cm³/mol. The highest BCUT2D eigenvalue weighted by Crippen LogP contribution is 2.31. The van der Waals surface area contributed by atoms with Crippen molar-refractivity contribution < 1.29 is 19.4 Å². The van der Waals surface area contributed by atoms with Gasteiger partial charge in [-0.05, 0) is 59.9 Å². The van der Waals surface area contributed by atoms with Crippen LogP contribution in [-0.2, 0) is 21.4 Å². The fourth-order valence-electron chi connectivity index (χ4n) is 4.57. The van der Waals surface area contributed by atoms with E-state index < -0.39 is 6.04 Å². The van der Waals surface area contributed by atoms with Gasteiger partial charge in [0.05, 0.1) is 13.2 Å². The van der Waals surface area contributed by atoms with E-state index in [4.69, 9.17) is 4.74 Å². The number of ketones is 1. The maximum atomic E-state index is 13.6. The molecular formula is C28H37NO4. The number of Topliss-reactive ketones (excluding diaryl/α,β-unsaturated/α-hetero) is 1. The quantitative estimate of drug-likeness (QED) is 0.653. The van der Waals surface area contributed by atoms with Crippen LogP contribution in [0.3, 0.4) is 0 Å². The average molecular weight is 452 g/mol. The molecule has 1 N–H and O–H groups in total. The third-order valence-corrected chi connectivity index (χ3v) is 6.72. The lowest BCUT2D eigenvalue weighted by Gasteiger charge is -2.33. The third-order valence-electron chi connectivity index (χ3n) is 6.72. The van der Waals surface area contributed by atoms with Crippen LogP contribution in [0.15, 0.2) is 48.5 Å². The number of aliphatic hydroxyl groups is 1. The van der Waals surface area contributed by atoms with Gasteiger partial charge in [0.2, 0.25) is 5.91 Å². The molecule has 0 radical (unpaired) electrons. The number of hydrogen-bond donors (Lipinski definition) is 1. The van der Waals surface area contributed by atoms with E-state index in [1.165, 1.54) is 5.56 Å². The molecule has 5 heteroatoms. The van der Waals surface area contributed by atoms with Crippen molar-refractivity contribution in [3.05, 3.63) is 65.2 Å². The highest BCUT2D eigenvalue weighted by Gasteiger charge is 2.34. The number of carbonyl (C=O) groups excluding carboxylic acids is 2. The molecule has 0 saturated heterocycles. The summed E-state index contributed by atoms with van der Waals surface area (Å²) >= 11 is 0. The lowest BCUT2D eigenvalue weighted by atomic mass is 9.85. The normalized spacial score (nSPS) is 19.6. The average Bonchev–Trinajstić information content (AvgIpc) is 2.79. The topological polar surface area (TPSA) is 66.8 Å². The van der Waals surface area contributed by atoms with E-state index in [9.17, 15) is 14.7 Å². The minimum absolute atomic E-state index is 0.0182. The summed E-state index contributed by atoms with van der Waals surface area (Å²) in [6, 6.07) is 14.9. The van der Waals surface area contributed by atoms with Gasteiger partial charge in [-0.15, -0.1) is 0 Å². The molecule has 0 aromatic heterocycles. The maximum Gasteiger partial charge on any atom is 0.226 e. The number of aliphatic hydroxyl groups excluding tert-OH is 1. The Morgan fingerprint density at radius 1 is 1.00 bits per heavy atom. The molecule has 178 valence electrons. The lowest BCUT2D eigenvalue weighted by molar-refractivity contribution is -0.142. The fraction of sp³-hybridized carbons (Fsp3) is 0.500. The molecule has 33 heavy (non-hydrogen) atoms. The molecule has 1 atom stereocenters. The summed E-state index contributed by atoms with van der Waals surface area (Å²) in [7, 11) is 3.33. The number of carbonyl (C=O) groups is 2. The van der Waals surface area contributed by atoms with E-state index in [0.717, 1.165) is 11.1 Å². The van der Waals surface area contributed by atoms with Crippen LogP contribution in [0.5, 0.6) is 5.75 Å². The summed E-state index contributed by atoms with van der Waals surface area (Å²) in [5, 5.41) is 9.82. The first-order chi connectivity index (χ1) is 15.6. The van der Waals surface area contributed by atoms with Crippen molar-refractivity contribution in [2.75, 3.05) is 14.2 Å². The van der Waals surface area contributed by atoms with Crippen LogP contribution in [0.4, 0.5) is 0 Å². The summed E-state index contributed by atoms with van der Waals surface area (Å²) in [5.74, 6) is 0.505. The summed E-state index contributed by atoms with van der Waals surface area (Å²) in [6.45, 7) is 6.49. The van der Waals surface area contributed by atoms with Crippen molar-refractivity contribution in [3.8, 4) is 5.75 Å². The fourth-order valence-corrected chi connectivity index (χ4v) is 4.57. The Balaban J connectivity index is 1.84. The smallest absolute Gasteiger partial charge is 0.226 e. The Hall–Kier alpha value is -2.66. The van der Waals surface area contributed by atoms with Crippen molar-refractivity contribution in [3.63, 3.8) is 0 Å². The number of methoxy groups -OCH3 is 1. The van der Waals surface area contributed by atoms with Crippen molar-refractivity contribution in [2.45, 2.75) is 70.4 Å². The van der Waals surface area contributed by atoms with Gasteiger partial charge in [-0.3, -0.25) is 9.59 Å². The second-order valence-corrected chi connectivity index (χ2v) is 10.2. The molecular weight excluding hydrogens is 414 g/mol. The van der Waals surface area contributed by atoms with Crippen LogP contribution >= 0.6 is 0 Å². The molecule has 1 fully saturated rings. The Labute approximate surface area is 197 Å². The molecule has 1 amide bonds. The molecule has 0 heterocycles. The summed E-state index contributed by atoms with van der Waals surface area (Å²) in [4.78, 5) is 28.5. The van der Waals surface area contributed by atoms with Crippen molar-refractivity contribution in [1.82, 2.24) is 4.90 Å². The van der Waals surface area contributed by atoms with Crippen LogP contribution in [-0.4, -0.2) is 42.0 Å². The molecule has 1 aliphatic carbocycles. The van der Waals surface area contributed by atoms with Crippen LogP contribution in [0.1, 0.15) is 69.2 Å². The van der Waals surface area contributed by atoms with Gasteiger partial charge in [0.15, 0.2) is 5.78 Å². The highest BCUT2D eigenvalue weighted by atomic mass is 16.5. The Morgan fingerprint density at radius 2 is 1.58 bits per heavy atom. The molecule has 0 aliphatic heterocycles. The van der Waals surface area contributed by atoms with Crippen molar-refractivity contribution in [2.24, 2.45) is 5.92 Å². The van der Waals surface area contributed by atoms with Gasteiger partial charge in [-0.1, -0.05) is 57.2 Å². The largest absolute Gasteiger partial charge is 0.497 e. The molecule has 2 aromatic carbocycles. The van der Waals surface area contributed by atoms with Crippen LogP contribution in [0.25, 0.3) is 0 Å². The maximum absolute atomic E-state index is 13.6. The number of benzene rings is 2. The van der Waals surface area contributed by atoms with Gasteiger partial charge in [-0.2, -0.15) is 0 Å². The zero-order valence-corrected chi connectivity index (χ0v) is 20.5. The van der Waals surface area contributed by atoms with Gasteiger partial charge < -0.3 is 14.7 Å². The summed E-state index contributed by atoms with van der Waals surface area (Å²) < 4.78 is 5.27. The first-order valence-electron chi connectivity index (χ1n) is 11.8. The van der Waals surface area contributed by atoms with Gasteiger partial charge in [0.1, 0.15) is 11.8 Å². The minimum atomic E-state index is -0.669. The van der Waals surface area contributed by atoms with Gasteiger partial charge in [0, 0.05) is 19.4 Å². The van der Waals surface area contributed by atoms with E-state index in [2.05, 4.69) is 32.9 Å². The standard InChI is InChI=1S/C28H37NO4/c1-28(2,3)22-12-6-19(7-13-22)18-25(31)26(20-10-16-24(33-5)17-11-20)29(4)27(32)21-8-14-23(30)15-9-21/h6-7,10-13,16-17,21,23,26,30H,8-9,14-15,18H2,1-5H3. The zero-order chi connectivity index (χ0) is 24.2. The molecule has 1 saturated carbocycles. The first kappa shape index (κ1) is 25.0. The van der Waals surface area contributed by atoms with E-state index >= 15 is 0 Å². The van der Waals surface area contributed by atoms with Gasteiger partial charge >= 0.3 is 0 Å². The van der Waals surface area contributed by atoms with Gasteiger partial charge in [0.25, 0.3) is 0 Å². The van der Waals surface area contributed by atoms with Crippen molar-refractivity contribution in [1.29, 1.82) is 0 Å². The number of amides is 1. The molecule has 5 nitrogen and oxygen atoms in total. The van der Waals surface area contributed by atoms with Gasteiger partial charge in [-0.25, -0.2) is 0 Å². The first-order valence-corrected chi connectivity index (χ1v) is 11.8. The summed E-state index contributed by atoms with van der Waals surface area (Å²) in [6.07, 6.45) is 2.50. The number of nitrogens with zero attached hydrogens (tertiary/aromatic N) is 1. The van der Waals surface area contributed by atoms with Crippen molar-refractivity contribution >= 4 is 11.7 Å². The Morgan fingerprint density at radius 3 is 2.09 bits per heavy atom. The van der Waals surface area contributed by atoms with Crippen LogP contribution in [0.2, 0.25) is 0 Å². The SMILES string of the molecule is COc1ccc(C(C(=O)Cc2ccc(C(C)(C)C)cc2)N(C)C(=O)C2CCC(O)CC2)cc1. The summed E-state index contributed by atoms with van der Waals surface area (Å²) in [5.41, 5.74) is 2.98. The van der Waals surface area contributed by atoms with Crippen LogP contribution < -0.4 is 4.74 Å². The number of rotatable bonds is 7. The van der Waals surface area contributed by atoms with E-state index in [1.54, 1.807) is 19.1 Å². The highest BCUT2D eigenvalue weighted by molar-refractivity contribution is 5.92. The third kappa shape index (κ3) is 6.23. The predicted octanol–water partition coefficient (Wildman–Crippen LogP) is 4.86. The van der Waals surface area contributed by atoms with E-state index in [-0.39, 0.29) is 35.5 Å². The zero-order valence-electron chi connectivity index (χ0n) is 20.5. The molecule has 1 unspecified atom stereocenters. The van der Waals surface area contributed by atoms with E-state index in [1.807, 2.05) is 36.4 Å². The molecule has 2 aromatic rings. The molecule has 1 aliphatic rings.